The average Bonchev–Trinajstić information content (AvgIpc) is 2.86. The van der Waals surface area contributed by atoms with Gasteiger partial charge in [-0.15, -0.1) is 0 Å². The number of hydrogen-bond acceptors (Lipinski definition) is 5. The number of H-pyrrole nitrogens is 1. The Morgan fingerprint density at radius 1 is 1.29 bits per heavy atom. The molecule has 0 aliphatic carbocycles. The first-order chi connectivity index (χ1) is 11.2. The van der Waals surface area contributed by atoms with Gasteiger partial charge in [0.2, 0.25) is 0 Å². The maximum atomic E-state index is 12.8. The minimum atomic E-state index is -4.58. The molecular weight excluding hydrogens is 363 g/mol. The first kappa shape index (κ1) is 16.8. The second-order valence-electron chi connectivity index (χ2n) is 5.01. The van der Waals surface area contributed by atoms with Crippen LogP contribution in [0.5, 0.6) is 0 Å². The quantitative estimate of drug-likeness (QED) is 0.523. The van der Waals surface area contributed by atoms with Crippen LogP contribution in [0.25, 0.3) is 10.9 Å². The lowest BCUT2D eigenvalue weighted by Gasteiger charge is -2.12. The highest BCUT2D eigenvalue weighted by Crippen LogP contribution is 2.36. The van der Waals surface area contributed by atoms with Crippen LogP contribution < -0.4 is 5.73 Å². The molecule has 0 bridgehead atoms. The van der Waals surface area contributed by atoms with E-state index in [1.165, 1.54) is 0 Å². The van der Waals surface area contributed by atoms with Crippen LogP contribution in [0.4, 0.5) is 19.0 Å². The van der Waals surface area contributed by atoms with E-state index in [0.29, 0.717) is 16.8 Å². The molecule has 0 saturated carbocycles. The summed E-state index contributed by atoms with van der Waals surface area (Å²) < 4.78 is 38.4. The fourth-order valence-corrected chi connectivity index (χ4v) is 3.17. The van der Waals surface area contributed by atoms with Crippen LogP contribution >= 0.6 is 23.4 Å². The van der Waals surface area contributed by atoms with E-state index < -0.39 is 11.9 Å². The third-order valence-electron chi connectivity index (χ3n) is 3.25. The predicted octanol–water partition coefficient (Wildman–Crippen LogP) is 4.46. The van der Waals surface area contributed by atoms with Gasteiger partial charge in [-0.3, -0.25) is 4.98 Å². The van der Waals surface area contributed by atoms with Crippen LogP contribution in [-0.4, -0.2) is 19.9 Å². The zero-order chi connectivity index (χ0) is 17.5. The molecule has 3 aromatic rings. The van der Waals surface area contributed by atoms with Crippen molar-refractivity contribution in [3.63, 3.8) is 0 Å². The van der Waals surface area contributed by atoms with Gasteiger partial charge in [0.15, 0.2) is 10.9 Å². The monoisotopic (exact) mass is 373 g/mol. The van der Waals surface area contributed by atoms with Gasteiger partial charge in [0, 0.05) is 17.6 Å². The Kier molecular flexibility index (Phi) is 4.31. The Bertz CT molecular complexity index is 896. The fraction of sp³-hybridized carbons (Fsp3) is 0.214. The lowest BCUT2D eigenvalue weighted by molar-refractivity contribution is -0.141. The van der Waals surface area contributed by atoms with Crippen LogP contribution in [0.3, 0.4) is 0 Å². The molecule has 3 heterocycles. The number of nitrogens with one attached hydrogen (secondary N) is 1. The topological polar surface area (TPSA) is 80.5 Å². The summed E-state index contributed by atoms with van der Waals surface area (Å²) in [6.45, 7) is 1.79. The number of rotatable bonds is 3. The summed E-state index contributed by atoms with van der Waals surface area (Å²) in [5.74, 6) is -0.232. The number of alkyl halides is 3. The second kappa shape index (κ2) is 6.14. The molecule has 3 rings (SSSR count). The van der Waals surface area contributed by atoms with Gasteiger partial charge < -0.3 is 10.7 Å². The standard InChI is InChI=1S/C14H11ClF3N5S/c1-6(9-2-7-8(15)4-20-10(7)5-21-9)24-13-22-11(14(16,17)18)3-12(19)23-13/h2-6,20H,1H3,(H2,19,22,23). The number of anilines is 1. The van der Waals surface area contributed by atoms with Crippen molar-refractivity contribution in [2.24, 2.45) is 0 Å². The average molecular weight is 374 g/mol. The van der Waals surface area contributed by atoms with Crippen molar-refractivity contribution in [1.29, 1.82) is 0 Å². The molecule has 5 nitrogen and oxygen atoms in total. The summed E-state index contributed by atoms with van der Waals surface area (Å²) in [5.41, 5.74) is 5.81. The number of pyridine rings is 1. The molecule has 126 valence electrons. The minimum Gasteiger partial charge on any atom is -0.384 e. The van der Waals surface area contributed by atoms with Crippen molar-refractivity contribution in [2.75, 3.05) is 5.73 Å². The zero-order valence-corrected chi connectivity index (χ0v) is 13.8. The van der Waals surface area contributed by atoms with Crippen LogP contribution in [-0.2, 0) is 6.18 Å². The van der Waals surface area contributed by atoms with Crippen LogP contribution in [0.15, 0.2) is 29.7 Å². The molecule has 0 radical (unpaired) electrons. The highest BCUT2D eigenvalue weighted by molar-refractivity contribution is 7.99. The van der Waals surface area contributed by atoms with E-state index >= 15 is 0 Å². The van der Waals surface area contributed by atoms with E-state index in [-0.39, 0.29) is 16.2 Å². The molecule has 0 aliphatic rings. The van der Waals surface area contributed by atoms with E-state index in [1.807, 2.05) is 0 Å². The van der Waals surface area contributed by atoms with Crippen molar-refractivity contribution >= 4 is 40.1 Å². The van der Waals surface area contributed by atoms with Gasteiger partial charge in [0.1, 0.15) is 5.82 Å². The van der Waals surface area contributed by atoms with E-state index in [9.17, 15) is 13.2 Å². The van der Waals surface area contributed by atoms with Gasteiger partial charge in [-0.2, -0.15) is 13.2 Å². The third-order valence-corrected chi connectivity index (χ3v) is 4.55. The zero-order valence-electron chi connectivity index (χ0n) is 12.2. The summed E-state index contributed by atoms with van der Waals surface area (Å²) in [4.78, 5) is 14.6. The SMILES string of the molecule is CC(Sc1nc(N)cc(C(F)(F)F)n1)c1cc2c(Cl)c[nH]c2cn1. The lowest BCUT2D eigenvalue weighted by Crippen LogP contribution is -2.11. The van der Waals surface area contributed by atoms with E-state index in [1.54, 1.807) is 25.4 Å². The number of nitrogen functional groups attached to an aromatic ring is 1. The molecule has 0 saturated heterocycles. The first-order valence-electron chi connectivity index (χ1n) is 6.75. The number of hydrogen-bond donors (Lipinski definition) is 2. The molecule has 0 spiro atoms. The van der Waals surface area contributed by atoms with Crippen molar-refractivity contribution < 1.29 is 13.2 Å². The number of halogens is 4. The summed E-state index contributed by atoms with van der Waals surface area (Å²) in [6, 6.07) is 2.49. The Balaban J connectivity index is 1.89. The van der Waals surface area contributed by atoms with Gasteiger partial charge in [-0.1, -0.05) is 23.4 Å². The second-order valence-corrected chi connectivity index (χ2v) is 6.72. The van der Waals surface area contributed by atoms with E-state index in [4.69, 9.17) is 17.3 Å². The molecule has 0 aliphatic heterocycles. The molecule has 0 amide bonds. The maximum absolute atomic E-state index is 12.8. The Hall–Kier alpha value is -2.00. The highest BCUT2D eigenvalue weighted by atomic mass is 35.5. The molecule has 1 atom stereocenters. The lowest BCUT2D eigenvalue weighted by atomic mass is 10.2. The van der Waals surface area contributed by atoms with Crippen LogP contribution in [0.1, 0.15) is 23.6 Å². The first-order valence-corrected chi connectivity index (χ1v) is 8.01. The number of thioether (sulfide) groups is 1. The maximum Gasteiger partial charge on any atom is 0.433 e. The fourth-order valence-electron chi connectivity index (χ4n) is 2.08. The number of aromatic amines is 1. The van der Waals surface area contributed by atoms with Gasteiger partial charge in [0.25, 0.3) is 0 Å². The minimum absolute atomic E-state index is 0.0584. The predicted molar refractivity (Wildman–Crippen MR) is 86.8 cm³/mol. The van der Waals surface area contributed by atoms with Crippen LogP contribution in [0, 0.1) is 0 Å². The molecule has 1 unspecified atom stereocenters. The van der Waals surface area contributed by atoms with E-state index in [0.717, 1.165) is 22.7 Å². The molecule has 10 heteroatoms. The number of fused-ring (bicyclic) bond motifs is 1. The van der Waals surface area contributed by atoms with Crippen molar-refractivity contribution in [2.45, 2.75) is 23.5 Å². The van der Waals surface area contributed by atoms with Gasteiger partial charge in [-0.25, -0.2) is 9.97 Å². The normalized spacial score (nSPS) is 13.4. The highest BCUT2D eigenvalue weighted by Gasteiger charge is 2.33. The summed E-state index contributed by atoms with van der Waals surface area (Å²) in [5, 5.41) is 0.990. The van der Waals surface area contributed by atoms with E-state index in [2.05, 4.69) is 19.9 Å². The van der Waals surface area contributed by atoms with Crippen LogP contribution in [0.2, 0.25) is 5.02 Å². The van der Waals surface area contributed by atoms with Gasteiger partial charge in [-0.05, 0) is 13.0 Å². The smallest absolute Gasteiger partial charge is 0.384 e. The van der Waals surface area contributed by atoms with Crippen molar-refractivity contribution in [3.05, 3.63) is 40.9 Å². The molecule has 3 aromatic heterocycles. The van der Waals surface area contributed by atoms with Crippen molar-refractivity contribution in [3.8, 4) is 0 Å². The number of nitrogens with two attached hydrogens (primary N) is 1. The summed E-state index contributed by atoms with van der Waals surface area (Å²) in [7, 11) is 0. The van der Waals surface area contributed by atoms with Crippen molar-refractivity contribution in [1.82, 2.24) is 19.9 Å². The molecule has 24 heavy (non-hydrogen) atoms. The largest absolute Gasteiger partial charge is 0.433 e. The summed E-state index contributed by atoms with van der Waals surface area (Å²) >= 11 is 7.11. The Morgan fingerprint density at radius 2 is 2.04 bits per heavy atom. The van der Waals surface area contributed by atoms with Gasteiger partial charge >= 0.3 is 6.18 Å². The molecule has 0 aromatic carbocycles. The third kappa shape index (κ3) is 3.41. The Labute approximate surface area is 143 Å². The Morgan fingerprint density at radius 3 is 2.75 bits per heavy atom. The molecule has 3 N–H and O–H groups in total. The molecule has 0 fully saturated rings. The number of aromatic nitrogens is 4. The van der Waals surface area contributed by atoms with Gasteiger partial charge in [0.05, 0.1) is 27.7 Å². The summed E-state index contributed by atoms with van der Waals surface area (Å²) in [6.07, 6.45) is -1.31. The number of nitrogens with zero attached hydrogens (tertiary/aromatic N) is 3. The molecular formula is C14H11ClF3N5S.